The van der Waals surface area contributed by atoms with Gasteiger partial charge in [0.2, 0.25) is 0 Å². The molecule has 0 bridgehead atoms. The van der Waals surface area contributed by atoms with Crippen LogP contribution in [0.3, 0.4) is 0 Å². The molecule has 0 amide bonds. The fraction of sp³-hybridized carbons (Fsp3) is 0.750. The molecule has 18 heavy (non-hydrogen) atoms. The Morgan fingerprint density at radius 3 is 2.39 bits per heavy atom. The number of hydrogen-bond acceptors (Lipinski definition) is 5. The van der Waals surface area contributed by atoms with Crippen LogP contribution < -0.4 is 0 Å². The van der Waals surface area contributed by atoms with Crippen LogP contribution in [0.2, 0.25) is 0 Å². The first-order chi connectivity index (χ1) is 8.70. The van der Waals surface area contributed by atoms with Crippen molar-refractivity contribution in [3.05, 3.63) is 12.7 Å². The molecule has 0 radical (unpaired) electrons. The quantitative estimate of drug-likeness (QED) is 0.378. The molecule has 6 nitrogen and oxygen atoms in total. The summed E-state index contributed by atoms with van der Waals surface area (Å²) in [5, 5.41) is 8.69. The van der Waals surface area contributed by atoms with Crippen molar-refractivity contribution in [3.63, 3.8) is 0 Å². The predicted molar refractivity (Wildman–Crippen MR) is 67.8 cm³/mol. The van der Waals surface area contributed by atoms with Gasteiger partial charge in [-0.15, -0.1) is 6.58 Å². The van der Waals surface area contributed by atoms with Crippen molar-refractivity contribution in [2.24, 2.45) is 0 Å². The van der Waals surface area contributed by atoms with Crippen molar-refractivity contribution < 1.29 is 24.1 Å². The molecule has 0 spiro atoms. The SMILES string of the molecule is C=CCN(CCOCCOCCOC)CC(=O)O. The van der Waals surface area contributed by atoms with Crippen molar-refractivity contribution in [1.29, 1.82) is 0 Å². The van der Waals surface area contributed by atoms with E-state index < -0.39 is 5.97 Å². The highest BCUT2D eigenvalue weighted by Gasteiger charge is 2.07. The van der Waals surface area contributed by atoms with Crippen LogP contribution in [0, 0.1) is 0 Å². The summed E-state index contributed by atoms with van der Waals surface area (Å²) in [6.45, 7) is 7.32. The lowest BCUT2D eigenvalue weighted by Crippen LogP contribution is -2.33. The highest BCUT2D eigenvalue weighted by Crippen LogP contribution is 1.90. The van der Waals surface area contributed by atoms with Gasteiger partial charge < -0.3 is 19.3 Å². The van der Waals surface area contributed by atoms with Crippen LogP contribution in [0.15, 0.2) is 12.7 Å². The van der Waals surface area contributed by atoms with Crippen molar-refractivity contribution in [1.82, 2.24) is 4.90 Å². The first-order valence-corrected chi connectivity index (χ1v) is 5.90. The monoisotopic (exact) mass is 261 g/mol. The van der Waals surface area contributed by atoms with E-state index in [2.05, 4.69) is 6.58 Å². The van der Waals surface area contributed by atoms with E-state index in [1.165, 1.54) is 0 Å². The zero-order valence-electron chi connectivity index (χ0n) is 11.0. The molecule has 0 saturated carbocycles. The molecule has 1 N–H and O–H groups in total. The summed E-state index contributed by atoms with van der Waals surface area (Å²) in [6, 6.07) is 0. The Morgan fingerprint density at radius 1 is 1.22 bits per heavy atom. The molecule has 6 heteroatoms. The Bertz CT molecular complexity index is 223. The average Bonchev–Trinajstić information content (AvgIpc) is 2.32. The summed E-state index contributed by atoms with van der Waals surface area (Å²) in [5.41, 5.74) is 0. The van der Waals surface area contributed by atoms with Gasteiger partial charge in [-0.3, -0.25) is 9.69 Å². The van der Waals surface area contributed by atoms with Gasteiger partial charge >= 0.3 is 5.97 Å². The molecule has 0 aliphatic carbocycles. The molecule has 0 saturated heterocycles. The van der Waals surface area contributed by atoms with Gasteiger partial charge in [-0.25, -0.2) is 0 Å². The number of carboxylic acid groups (broad SMARTS) is 1. The second-order valence-electron chi connectivity index (χ2n) is 3.64. The summed E-state index contributed by atoms with van der Waals surface area (Å²) in [6.07, 6.45) is 1.68. The number of methoxy groups -OCH3 is 1. The molecule has 0 aromatic heterocycles. The molecule has 0 fully saturated rings. The Morgan fingerprint density at radius 2 is 1.83 bits per heavy atom. The van der Waals surface area contributed by atoms with Crippen LogP contribution >= 0.6 is 0 Å². The molecule has 0 aromatic carbocycles. The van der Waals surface area contributed by atoms with E-state index in [-0.39, 0.29) is 6.54 Å². The number of carbonyl (C=O) groups is 1. The van der Waals surface area contributed by atoms with E-state index >= 15 is 0 Å². The number of carboxylic acids is 1. The van der Waals surface area contributed by atoms with Crippen molar-refractivity contribution in [3.8, 4) is 0 Å². The summed E-state index contributed by atoms with van der Waals surface area (Å²) < 4.78 is 15.4. The number of rotatable bonds is 13. The molecule has 0 unspecified atom stereocenters. The molecule has 0 atom stereocenters. The van der Waals surface area contributed by atoms with Crippen LogP contribution in [0.4, 0.5) is 0 Å². The fourth-order valence-electron chi connectivity index (χ4n) is 1.27. The summed E-state index contributed by atoms with van der Waals surface area (Å²) in [5.74, 6) is -0.847. The zero-order chi connectivity index (χ0) is 13.6. The molecule has 0 heterocycles. The lowest BCUT2D eigenvalue weighted by molar-refractivity contribution is -0.138. The molecule has 0 aromatic rings. The van der Waals surface area contributed by atoms with Crippen molar-refractivity contribution in [2.75, 3.05) is 59.8 Å². The lowest BCUT2D eigenvalue weighted by Gasteiger charge is -2.17. The van der Waals surface area contributed by atoms with E-state index in [0.717, 1.165) is 0 Å². The van der Waals surface area contributed by atoms with Gasteiger partial charge in [-0.05, 0) is 0 Å². The van der Waals surface area contributed by atoms with Crippen molar-refractivity contribution in [2.45, 2.75) is 0 Å². The van der Waals surface area contributed by atoms with Crippen LogP contribution in [-0.4, -0.2) is 75.8 Å². The molecule has 106 valence electrons. The van der Waals surface area contributed by atoms with E-state index in [9.17, 15) is 4.79 Å². The van der Waals surface area contributed by atoms with E-state index in [1.54, 1.807) is 18.1 Å². The van der Waals surface area contributed by atoms with Gasteiger partial charge in [0.05, 0.1) is 39.6 Å². The minimum Gasteiger partial charge on any atom is -0.480 e. The maximum atomic E-state index is 10.6. The standard InChI is InChI=1S/C12H23NO5/c1-3-4-13(11-12(14)15)5-6-17-9-10-18-8-7-16-2/h3H,1,4-11H2,2H3,(H,14,15). The van der Waals surface area contributed by atoms with Gasteiger partial charge in [0.1, 0.15) is 0 Å². The predicted octanol–water partition coefficient (Wildman–Crippen LogP) is 0.239. The smallest absolute Gasteiger partial charge is 0.317 e. The van der Waals surface area contributed by atoms with Gasteiger partial charge in [-0.1, -0.05) is 6.08 Å². The maximum absolute atomic E-state index is 10.6. The van der Waals surface area contributed by atoms with Crippen LogP contribution in [-0.2, 0) is 19.0 Å². The lowest BCUT2D eigenvalue weighted by atomic mass is 10.4. The largest absolute Gasteiger partial charge is 0.480 e. The Kier molecular flexibility index (Phi) is 11.8. The number of aliphatic carboxylic acids is 1. The third kappa shape index (κ3) is 11.5. The Hall–Kier alpha value is -0.950. The van der Waals surface area contributed by atoms with E-state index in [0.29, 0.717) is 46.1 Å². The van der Waals surface area contributed by atoms with Crippen LogP contribution in [0.5, 0.6) is 0 Å². The number of hydrogen-bond donors (Lipinski definition) is 1. The zero-order valence-corrected chi connectivity index (χ0v) is 11.0. The van der Waals surface area contributed by atoms with Gasteiger partial charge in [0, 0.05) is 20.2 Å². The topological polar surface area (TPSA) is 68.2 Å². The van der Waals surface area contributed by atoms with E-state index in [1.807, 2.05) is 0 Å². The molecule has 0 aliphatic rings. The minimum absolute atomic E-state index is 0.000279. The highest BCUT2D eigenvalue weighted by atomic mass is 16.5. The van der Waals surface area contributed by atoms with Gasteiger partial charge in [0.15, 0.2) is 0 Å². The first-order valence-electron chi connectivity index (χ1n) is 5.90. The maximum Gasteiger partial charge on any atom is 0.317 e. The van der Waals surface area contributed by atoms with Gasteiger partial charge in [0.25, 0.3) is 0 Å². The second-order valence-corrected chi connectivity index (χ2v) is 3.64. The molecular formula is C12H23NO5. The number of ether oxygens (including phenoxy) is 3. The third-order valence-corrected chi connectivity index (χ3v) is 2.10. The fourth-order valence-corrected chi connectivity index (χ4v) is 1.27. The molecule has 0 aliphatic heterocycles. The minimum atomic E-state index is -0.847. The summed E-state index contributed by atoms with van der Waals surface area (Å²) in [7, 11) is 1.62. The highest BCUT2D eigenvalue weighted by molar-refractivity contribution is 5.69. The normalized spacial score (nSPS) is 10.8. The van der Waals surface area contributed by atoms with Crippen molar-refractivity contribution >= 4 is 5.97 Å². The molecule has 0 rings (SSSR count). The van der Waals surface area contributed by atoms with Gasteiger partial charge in [-0.2, -0.15) is 0 Å². The summed E-state index contributed by atoms with van der Waals surface area (Å²) >= 11 is 0. The molecular weight excluding hydrogens is 238 g/mol. The Labute approximate surface area is 108 Å². The summed E-state index contributed by atoms with van der Waals surface area (Å²) in [4.78, 5) is 12.3. The first kappa shape index (κ1) is 17.1. The second kappa shape index (κ2) is 12.5. The van der Waals surface area contributed by atoms with Crippen LogP contribution in [0.25, 0.3) is 0 Å². The average molecular weight is 261 g/mol. The number of nitrogens with zero attached hydrogens (tertiary/aromatic N) is 1. The Balaban J connectivity index is 3.42. The van der Waals surface area contributed by atoms with Crippen LogP contribution in [0.1, 0.15) is 0 Å². The van der Waals surface area contributed by atoms with E-state index in [4.69, 9.17) is 19.3 Å². The third-order valence-electron chi connectivity index (χ3n) is 2.10.